The highest BCUT2D eigenvalue weighted by Gasteiger charge is 2.12. The summed E-state index contributed by atoms with van der Waals surface area (Å²) in [6.07, 6.45) is 0. The van der Waals surface area contributed by atoms with E-state index in [1.54, 1.807) is 12.1 Å². The lowest BCUT2D eigenvalue weighted by molar-refractivity contribution is 0.423. The summed E-state index contributed by atoms with van der Waals surface area (Å²) in [5.41, 5.74) is 5.66. The lowest BCUT2D eigenvalue weighted by Gasteiger charge is -1.97. The van der Waals surface area contributed by atoms with Crippen molar-refractivity contribution in [1.29, 1.82) is 0 Å². The topological polar surface area (TPSA) is 35.2 Å². The number of methoxy groups -OCH3 is 1. The van der Waals surface area contributed by atoms with Gasteiger partial charge in [-0.2, -0.15) is 0 Å². The molecule has 13 heavy (non-hydrogen) atoms. The number of rotatable bonds is 1. The molecule has 1 heterocycles. The van der Waals surface area contributed by atoms with Gasteiger partial charge in [0.25, 0.3) is 0 Å². The van der Waals surface area contributed by atoms with E-state index < -0.39 is 0 Å². The monoisotopic (exact) mass is 197 g/mol. The maximum Gasteiger partial charge on any atom is 0.160 e. The van der Waals surface area contributed by atoms with E-state index in [1.807, 2.05) is 0 Å². The van der Waals surface area contributed by atoms with Crippen LogP contribution in [0.5, 0.6) is 5.75 Å². The molecule has 2 N–H and O–H groups in total. The number of anilines is 1. The minimum atomic E-state index is -0.252. The van der Waals surface area contributed by atoms with E-state index >= 15 is 0 Å². The zero-order valence-electron chi connectivity index (χ0n) is 7.00. The molecule has 1 aromatic carbocycles. The largest absolute Gasteiger partial charge is 0.493 e. The van der Waals surface area contributed by atoms with Crippen molar-refractivity contribution in [3.8, 4) is 5.75 Å². The Morgan fingerprint density at radius 2 is 2.23 bits per heavy atom. The van der Waals surface area contributed by atoms with E-state index in [4.69, 9.17) is 10.5 Å². The fourth-order valence-corrected chi connectivity index (χ4v) is 2.23. The van der Waals surface area contributed by atoms with Crippen molar-refractivity contribution in [3.05, 3.63) is 24.0 Å². The summed E-state index contributed by atoms with van der Waals surface area (Å²) in [7, 11) is 1.53. The van der Waals surface area contributed by atoms with Crippen LogP contribution in [0.4, 0.5) is 9.39 Å². The molecule has 0 aliphatic rings. The van der Waals surface area contributed by atoms with Crippen LogP contribution in [0.25, 0.3) is 10.1 Å². The standard InChI is InChI=1S/C9H8FNOS/c1-12-7-5-3-2-4-6(10)8(5)13-9(7)11/h2-4H,11H2,1H3. The molecule has 0 aliphatic heterocycles. The molecule has 0 fully saturated rings. The molecule has 0 spiro atoms. The van der Waals surface area contributed by atoms with Crippen molar-refractivity contribution in [2.75, 3.05) is 12.8 Å². The molecule has 4 heteroatoms. The Hall–Kier alpha value is -1.29. The summed E-state index contributed by atoms with van der Waals surface area (Å²) >= 11 is 1.21. The third-order valence-electron chi connectivity index (χ3n) is 1.85. The third-order valence-corrected chi connectivity index (χ3v) is 2.88. The fraction of sp³-hybridized carbons (Fsp3) is 0.111. The molecule has 0 radical (unpaired) electrons. The highest BCUT2D eigenvalue weighted by atomic mass is 32.1. The zero-order valence-corrected chi connectivity index (χ0v) is 7.82. The Balaban J connectivity index is 2.86. The molecule has 2 aromatic rings. The van der Waals surface area contributed by atoms with E-state index in [2.05, 4.69) is 0 Å². The minimum Gasteiger partial charge on any atom is -0.493 e. The number of ether oxygens (including phenoxy) is 1. The highest BCUT2D eigenvalue weighted by Crippen LogP contribution is 2.40. The average molecular weight is 197 g/mol. The van der Waals surface area contributed by atoms with Crippen molar-refractivity contribution < 1.29 is 9.13 Å². The van der Waals surface area contributed by atoms with Gasteiger partial charge in [-0.3, -0.25) is 0 Å². The van der Waals surface area contributed by atoms with Crippen molar-refractivity contribution in [2.45, 2.75) is 0 Å². The van der Waals surface area contributed by atoms with Crippen LogP contribution in [0.2, 0.25) is 0 Å². The maximum atomic E-state index is 13.2. The Kier molecular flexibility index (Phi) is 1.84. The van der Waals surface area contributed by atoms with Gasteiger partial charge in [-0.05, 0) is 12.1 Å². The molecule has 0 aliphatic carbocycles. The summed E-state index contributed by atoms with van der Waals surface area (Å²) < 4.78 is 18.8. The number of nitrogens with two attached hydrogens (primary N) is 1. The van der Waals surface area contributed by atoms with Crippen LogP contribution in [0.15, 0.2) is 18.2 Å². The summed E-state index contributed by atoms with van der Waals surface area (Å²) in [6.45, 7) is 0. The summed E-state index contributed by atoms with van der Waals surface area (Å²) in [4.78, 5) is 0. The first kappa shape index (κ1) is 8.31. The van der Waals surface area contributed by atoms with Gasteiger partial charge in [0.2, 0.25) is 0 Å². The molecular formula is C9H8FNOS. The highest BCUT2D eigenvalue weighted by molar-refractivity contribution is 7.23. The average Bonchev–Trinajstić information content (AvgIpc) is 2.43. The van der Waals surface area contributed by atoms with Crippen LogP contribution in [0.3, 0.4) is 0 Å². The molecule has 0 atom stereocenters. The van der Waals surface area contributed by atoms with Gasteiger partial charge in [-0.15, -0.1) is 11.3 Å². The fourth-order valence-electron chi connectivity index (χ4n) is 1.29. The molecule has 2 nitrogen and oxygen atoms in total. The first-order valence-electron chi connectivity index (χ1n) is 3.74. The van der Waals surface area contributed by atoms with Gasteiger partial charge >= 0.3 is 0 Å². The molecule has 0 saturated carbocycles. The summed E-state index contributed by atoms with van der Waals surface area (Å²) in [6, 6.07) is 4.86. The molecule has 0 amide bonds. The van der Waals surface area contributed by atoms with Gasteiger partial charge in [0.05, 0.1) is 11.8 Å². The lowest BCUT2D eigenvalue weighted by atomic mass is 10.2. The van der Waals surface area contributed by atoms with Crippen LogP contribution in [0.1, 0.15) is 0 Å². The number of nitrogen functional groups attached to an aromatic ring is 1. The number of fused-ring (bicyclic) bond motifs is 1. The van der Waals surface area contributed by atoms with Crippen molar-refractivity contribution in [1.82, 2.24) is 0 Å². The normalized spacial score (nSPS) is 10.6. The predicted octanol–water partition coefficient (Wildman–Crippen LogP) is 2.63. The third kappa shape index (κ3) is 1.14. The Morgan fingerprint density at radius 3 is 2.92 bits per heavy atom. The van der Waals surface area contributed by atoms with E-state index in [0.717, 1.165) is 5.39 Å². The van der Waals surface area contributed by atoms with Crippen LogP contribution in [-0.4, -0.2) is 7.11 Å². The number of halogens is 1. The van der Waals surface area contributed by atoms with Gasteiger partial charge in [0, 0.05) is 5.39 Å². The maximum absolute atomic E-state index is 13.2. The molecular weight excluding hydrogens is 189 g/mol. The smallest absolute Gasteiger partial charge is 0.160 e. The van der Waals surface area contributed by atoms with Crippen molar-refractivity contribution in [2.24, 2.45) is 0 Å². The number of hydrogen-bond acceptors (Lipinski definition) is 3. The van der Waals surface area contributed by atoms with Crippen LogP contribution < -0.4 is 10.5 Å². The summed E-state index contributed by atoms with van der Waals surface area (Å²) in [5.74, 6) is 0.317. The lowest BCUT2D eigenvalue weighted by Crippen LogP contribution is -1.86. The van der Waals surface area contributed by atoms with Crippen molar-refractivity contribution >= 4 is 26.4 Å². The first-order chi connectivity index (χ1) is 6.24. The summed E-state index contributed by atoms with van der Waals surface area (Å²) in [5, 5.41) is 1.26. The first-order valence-corrected chi connectivity index (χ1v) is 4.56. The van der Waals surface area contributed by atoms with Gasteiger partial charge < -0.3 is 10.5 Å². The van der Waals surface area contributed by atoms with E-state index in [-0.39, 0.29) is 5.82 Å². The van der Waals surface area contributed by atoms with Crippen LogP contribution >= 0.6 is 11.3 Å². The Morgan fingerprint density at radius 1 is 1.46 bits per heavy atom. The van der Waals surface area contributed by atoms with E-state index in [9.17, 15) is 4.39 Å². The second-order valence-corrected chi connectivity index (χ2v) is 3.67. The predicted molar refractivity (Wildman–Crippen MR) is 52.7 cm³/mol. The SMILES string of the molecule is COc1c(N)sc2c(F)cccc12. The Labute approximate surface area is 78.7 Å². The molecule has 0 saturated heterocycles. The minimum absolute atomic E-state index is 0.252. The van der Waals surface area contributed by atoms with Gasteiger partial charge in [0.15, 0.2) is 5.75 Å². The molecule has 0 bridgehead atoms. The quantitative estimate of drug-likeness (QED) is 0.762. The van der Waals surface area contributed by atoms with E-state index in [0.29, 0.717) is 15.5 Å². The second-order valence-electron chi connectivity index (χ2n) is 2.62. The van der Waals surface area contributed by atoms with Crippen LogP contribution in [-0.2, 0) is 0 Å². The Bertz CT molecular complexity index is 452. The van der Waals surface area contributed by atoms with Gasteiger partial charge in [-0.1, -0.05) is 6.07 Å². The van der Waals surface area contributed by atoms with Gasteiger partial charge in [-0.25, -0.2) is 4.39 Å². The number of hydrogen-bond donors (Lipinski definition) is 1. The molecule has 1 aromatic heterocycles. The molecule has 2 rings (SSSR count). The second kappa shape index (κ2) is 2.88. The van der Waals surface area contributed by atoms with Gasteiger partial charge in [0.1, 0.15) is 10.8 Å². The van der Waals surface area contributed by atoms with Crippen LogP contribution in [0, 0.1) is 5.82 Å². The number of benzene rings is 1. The molecule has 68 valence electrons. The van der Waals surface area contributed by atoms with E-state index in [1.165, 1.54) is 24.5 Å². The zero-order chi connectivity index (χ0) is 9.42. The van der Waals surface area contributed by atoms with Crippen molar-refractivity contribution in [3.63, 3.8) is 0 Å². The molecule has 0 unspecified atom stereocenters. The number of thiophene rings is 1.